The molecule has 0 saturated carbocycles. The van der Waals surface area contributed by atoms with Crippen molar-refractivity contribution in [3.63, 3.8) is 0 Å². The molecule has 1 atom stereocenters. The van der Waals surface area contributed by atoms with Crippen LogP contribution in [0.4, 0.5) is 5.69 Å². The fourth-order valence-electron chi connectivity index (χ4n) is 2.03. The summed E-state index contributed by atoms with van der Waals surface area (Å²) in [6.45, 7) is 1.41. The summed E-state index contributed by atoms with van der Waals surface area (Å²) in [4.78, 5) is 23.8. The number of hydrogen-bond donors (Lipinski definition) is 2. The van der Waals surface area contributed by atoms with Crippen molar-refractivity contribution in [2.45, 2.75) is 13.0 Å². The van der Waals surface area contributed by atoms with Crippen LogP contribution >= 0.6 is 23.2 Å². The van der Waals surface area contributed by atoms with Gasteiger partial charge in [-0.05, 0) is 42.8 Å². The first-order valence-electron chi connectivity index (χ1n) is 7.14. The lowest BCUT2D eigenvalue weighted by atomic mass is 10.1. The maximum absolute atomic E-state index is 11.9. The van der Waals surface area contributed by atoms with Crippen LogP contribution in [-0.2, 0) is 9.53 Å². The number of amides is 1. The van der Waals surface area contributed by atoms with Crippen molar-refractivity contribution in [1.29, 1.82) is 0 Å². The van der Waals surface area contributed by atoms with E-state index in [-0.39, 0.29) is 17.3 Å². The summed E-state index contributed by atoms with van der Waals surface area (Å²) in [5.74, 6) is -1.07. The van der Waals surface area contributed by atoms with Gasteiger partial charge in [0.1, 0.15) is 0 Å². The Bertz CT molecular complexity index is 765. The van der Waals surface area contributed by atoms with E-state index in [0.29, 0.717) is 10.0 Å². The third-order valence-corrected chi connectivity index (χ3v) is 3.87. The molecule has 24 heavy (non-hydrogen) atoms. The van der Waals surface area contributed by atoms with E-state index in [4.69, 9.17) is 33.7 Å². The standard InChI is InChI=1S/C17H16Cl2N2O3/c1-10(11-3-2-4-13(18)7-11)21-16(22)9-24-17(23)12-5-6-14(19)15(20)8-12/h2-8,10H,9,20H2,1H3,(H,21,22). The number of nitrogen functional groups attached to an aromatic ring is 1. The number of benzene rings is 2. The Balaban J connectivity index is 1.88. The molecule has 0 spiro atoms. The van der Waals surface area contributed by atoms with E-state index in [1.54, 1.807) is 18.2 Å². The van der Waals surface area contributed by atoms with Gasteiger partial charge in [-0.25, -0.2) is 4.79 Å². The molecule has 0 saturated heterocycles. The number of carbonyl (C=O) groups is 2. The summed E-state index contributed by atoms with van der Waals surface area (Å²) in [5, 5.41) is 3.66. The predicted octanol–water partition coefficient (Wildman–Crippen LogP) is 3.61. The fourth-order valence-corrected chi connectivity index (χ4v) is 2.34. The van der Waals surface area contributed by atoms with Crippen molar-refractivity contribution in [2.75, 3.05) is 12.3 Å². The maximum atomic E-state index is 11.9. The lowest BCUT2D eigenvalue weighted by Crippen LogP contribution is -2.31. The second-order valence-electron chi connectivity index (χ2n) is 5.16. The molecule has 0 aliphatic rings. The van der Waals surface area contributed by atoms with Crippen molar-refractivity contribution >= 4 is 40.8 Å². The molecule has 7 heteroatoms. The molecule has 1 amide bonds. The second-order valence-corrected chi connectivity index (χ2v) is 6.00. The quantitative estimate of drug-likeness (QED) is 0.625. The van der Waals surface area contributed by atoms with E-state index in [0.717, 1.165) is 5.56 Å². The summed E-state index contributed by atoms with van der Waals surface area (Å²) in [5.41, 5.74) is 6.98. The van der Waals surface area contributed by atoms with E-state index in [1.807, 2.05) is 13.0 Å². The lowest BCUT2D eigenvalue weighted by molar-refractivity contribution is -0.124. The molecule has 2 aromatic carbocycles. The number of esters is 1. The average molecular weight is 367 g/mol. The Morgan fingerprint density at radius 1 is 1.21 bits per heavy atom. The molecule has 1 unspecified atom stereocenters. The molecule has 3 N–H and O–H groups in total. The summed E-state index contributed by atoms with van der Waals surface area (Å²) in [6, 6.07) is 11.3. The lowest BCUT2D eigenvalue weighted by Gasteiger charge is -2.14. The molecular formula is C17H16Cl2N2O3. The zero-order valence-corrected chi connectivity index (χ0v) is 14.4. The molecule has 0 aromatic heterocycles. The molecule has 0 fully saturated rings. The summed E-state index contributed by atoms with van der Waals surface area (Å²) in [6.07, 6.45) is 0. The molecule has 0 radical (unpaired) electrons. The van der Waals surface area contributed by atoms with Gasteiger partial charge in [0.25, 0.3) is 5.91 Å². The molecule has 0 heterocycles. The Morgan fingerprint density at radius 2 is 1.96 bits per heavy atom. The number of anilines is 1. The number of rotatable bonds is 5. The first-order valence-corrected chi connectivity index (χ1v) is 7.89. The SMILES string of the molecule is CC(NC(=O)COC(=O)c1ccc(Cl)c(N)c1)c1cccc(Cl)c1. The third kappa shape index (κ3) is 4.88. The zero-order chi connectivity index (χ0) is 17.7. The van der Waals surface area contributed by atoms with Crippen molar-refractivity contribution in [2.24, 2.45) is 0 Å². The number of hydrogen-bond acceptors (Lipinski definition) is 4. The molecular weight excluding hydrogens is 351 g/mol. The highest BCUT2D eigenvalue weighted by molar-refractivity contribution is 6.33. The molecule has 0 aliphatic heterocycles. The minimum absolute atomic E-state index is 0.229. The normalized spacial score (nSPS) is 11.6. The Morgan fingerprint density at radius 3 is 2.62 bits per heavy atom. The van der Waals surface area contributed by atoms with Gasteiger partial charge in [0, 0.05) is 5.02 Å². The number of carbonyl (C=O) groups excluding carboxylic acids is 2. The highest BCUT2D eigenvalue weighted by Crippen LogP contribution is 2.20. The van der Waals surface area contributed by atoms with Crippen molar-refractivity contribution in [3.05, 3.63) is 63.6 Å². The smallest absolute Gasteiger partial charge is 0.338 e. The largest absolute Gasteiger partial charge is 0.452 e. The van der Waals surface area contributed by atoms with Gasteiger partial charge in [-0.3, -0.25) is 4.79 Å². The summed E-state index contributed by atoms with van der Waals surface area (Å²) < 4.78 is 4.97. The fraction of sp³-hybridized carbons (Fsp3) is 0.176. The second kappa shape index (κ2) is 8.04. The highest BCUT2D eigenvalue weighted by atomic mass is 35.5. The predicted molar refractivity (Wildman–Crippen MR) is 94.2 cm³/mol. The van der Waals surface area contributed by atoms with Crippen LogP contribution in [-0.4, -0.2) is 18.5 Å². The summed E-state index contributed by atoms with van der Waals surface area (Å²) >= 11 is 11.7. The molecule has 0 bridgehead atoms. The monoisotopic (exact) mass is 366 g/mol. The molecule has 2 rings (SSSR count). The Kier molecular flexibility index (Phi) is 6.06. The minimum atomic E-state index is -0.649. The third-order valence-electron chi connectivity index (χ3n) is 3.29. The molecule has 0 aliphatic carbocycles. The van der Waals surface area contributed by atoms with Crippen LogP contribution in [0.15, 0.2) is 42.5 Å². The van der Waals surface area contributed by atoms with Crippen LogP contribution in [0.25, 0.3) is 0 Å². The summed E-state index contributed by atoms with van der Waals surface area (Å²) in [7, 11) is 0. The van der Waals surface area contributed by atoms with Gasteiger partial charge in [-0.15, -0.1) is 0 Å². The molecule has 5 nitrogen and oxygen atoms in total. The maximum Gasteiger partial charge on any atom is 0.338 e. The van der Waals surface area contributed by atoms with Crippen molar-refractivity contribution < 1.29 is 14.3 Å². The number of nitrogens with one attached hydrogen (secondary N) is 1. The van der Waals surface area contributed by atoms with Crippen molar-refractivity contribution in [3.8, 4) is 0 Å². The molecule has 126 valence electrons. The van der Waals surface area contributed by atoms with E-state index in [9.17, 15) is 9.59 Å². The topological polar surface area (TPSA) is 81.4 Å². The van der Waals surface area contributed by atoms with Crippen LogP contribution in [0.2, 0.25) is 10.0 Å². The van der Waals surface area contributed by atoms with E-state index in [2.05, 4.69) is 5.32 Å². The number of halogens is 2. The van der Waals surface area contributed by atoms with Crippen LogP contribution in [0.5, 0.6) is 0 Å². The minimum Gasteiger partial charge on any atom is -0.452 e. The average Bonchev–Trinajstić information content (AvgIpc) is 2.55. The first kappa shape index (κ1) is 18.1. The Labute approximate surface area is 149 Å². The van der Waals surface area contributed by atoms with Gasteiger partial charge in [0.2, 0.25) is 0 Å². The number of ether oxygens (including phenoxy) is 1. The van der Waals surface area contributed by atoms with Gasteiger partial charge in [-0.1, -0.05) is 35.3 Å². The van der Waals surface area contributed by atoms with Gasteiger partial charge >= 0.3 is 5.97 Å². The van der Waals surface area contributed by atoms with E-state index < -0.39 is 18.5 Å². The van der Waals surface area contributed by atoms with E-state index >= 15 is 0 Å². The van der Waals surface area contributed by atoms with Crippen LogP contribution < -0.4 is 11.1 Å². The van der Waals surface area contributed by atoms with Crippen LogP contribution in [0.1, 0.15) is 28.9 Å². The Hall–Kier alpha value is -2.24. The van der Waals surface area contributed by atoms with Crippen molar-refractivity contribution in [1.82, 2.24) is 5.32 Å². The molecule has 2 aromatic rings. The van der Waals surface area contributed by atoms with E-state index in [1.165, 1.54) is 18.2 Å². The van der Waals surface area contributed by atoms with Crippen LogP contribution in [0, 0.1) is 0 Å². The first-order chi connectivity index (χ1) is 11.4. The van der Waals surface area contributed by atoms with Gasteiger partial charge < -0.3 is 15.8 Å². The van der Waals surface area contributed by atoms with Gasteiger partial charge in [-0.2, -0.15) is 0 Å². The zero-order valence-electron chi connectivity index (χ0n) is 12.9. The van der Waals surface area contributed by atoms with Crippen LogP contribution in [0.3, 0.4) is 0 Å². The highest BCUT2D eigenvalue weighted by Gasteiger charge is 2.14. The number of nitrogens with two attached hydrogens (primary N) is 1. The van der Waals surface area contributed by atoms with Gasteiger partial charge in [0.05, 0.1) is 22.3 Å². The van der Waals surface area contributed by atoms with Gasteiger partial charge in [0.15, 0.2) is 6.61 Å².